The third-order valence-electron chi connectivity index (χ3n) is 6.16. The number of halogens is 1. The van der Waals surface area contributed by atoms with Crippen molar-refractivity contribution in [3.63, 3.8) is 0 Å². The number of benzene rings is 3. The fraction of sp³-hybridized carbons (Fsp3) is 0.259. The largest absolute Gasteiger partial charge is 0.419 e. The smallest absolute Gasteiger partial charge is 0.249 e. The molecule has 4 aromatic rings. The summed E-state index contributed by atoms with van der Waals surface area (Å²) in [6, 6.07) is 28.7. The number of rotatable bonds is 7. The summed E-state index contributed by atoms with van der Waals surface area (Å²) < 4.78 is 6.13. The molecule has 1 aromatic heterocycles. The monoisotopic (exact) mass is 458 g/mol. The number of nitrogens with one attached hydrogen (secondary N) is 1. The first-order valence-corrected chi connectivity index (χ1v) is 11.8. The number of hydrogen-bond acceptors (Lipinski definition) is 5. The van der Waals surface area contributed by atoms with E-state index in [1.807, 2.05) is 42.5 Å². The standard InChI is InChI=1S/C27H27ClN4O/c28-24-14-8-7-13-23(24)26-30-31-27(33-26)25(21-11-5-2-6-12-21)29-22-15-17-32(18-16-22)19-20-9-3-1-4-10-20/h1-14,22,25,29H,15-19H2. The fourth-order valence-electron chi connectivity index (χ4n) is 4.39. The van der Waals surface area contributed by atoms with Crippen molar-refractivity contribution < 1.29 is 4.42 Å². The summed E-state index contributed by atoms with van der Waals surface area (Å²) in [5.41, 5.74) is 3.22. The van der Waals surface area contributed by atoms with Crippen LogP contribution < -0.4 is 5.32 Å². The van der Waals surface area contributed by atoms with E-state index >= 15 is 0 Å². The van der Waals surface area contributed by atoms with Crippen LogP contribution in [0.3, 0.4) is 0 Å². The Morgan fingerprint density at radius 3 is 2.27 bits per heavy atom. The summed E-state index contributed by atoms with van der Waals surface area (Å²) in [6.45, 7) is 3.12. The SMILES string of the molecule is Clc1ccccc1-c1nnc(C(NC2CCN(Cc3ccccc3)CC2)c2ccccc2)o1. The molecule has 0 saturated carbocycles. The van der Waals surface area contributed by atoms with E-state index in [0.29, 0.717) is 22.8 Å². The first-order valence-electron chi connectivity index (χ1n) is 11.4. The molecule has 1 saturated heterocycles. The number of nitrogens with zero attached hydrogens (tertiary/aromatic N) is 3. The molecule has 0 spiro atoms. The molecule has 1 aliphatic heterocycles. The van der Waals surface area contributed by atoms with Gasteiger partial charge in [0.2, 0.25) is 11.8 Å². The quantitative estimate of drug-likeness (QED) is 0.383. The maximum absolute atomic E-state index is 6.34. The van der Waals surface area contributed by atoms with Crippen LogP contribution in [0, 0.1) is 0 Å². The van der Waals surface area contributed by atoms with E-state index in [2.05, 4.69) is 62.9 Å². The van der Waals surface area contributed by atoms with Gasteiger partial charge in [0.25, 0.3) is 0 Å². The molecule has 33 heavy (non-hydrogen) atoms. The van der Waals surface area contributed by atoms with Crippen LogP contribution in [0.1, 0.15) is 35.9 Å². The van der Waals surface area contributed by atoms with E-state index in [-0.39, 0.29) is 6.04 Å². The van der Waals surface area contributed by atoms with Gasteiger partial charge in [0.05, 0.1) is 10.6 Å². The van der Waals surface area contributed by atoms with E-state index in [1.54, 1.807) is 0 Å². The van der Waals surface area contributed by atoms with Crippen molar-refractivity contribution in [3.05, 3.63) is 107 Å². The molecule has 0 aliphatic carbocycles. The Balaban J connectivity index is 1.30. The first kappa shape index (κ1) is 21.8. The van der Waals surface area contributed by atoms with Crippen molar-refractivity contribution in [2.45, 2.75) is 31.5 Å². The second-order valence-electron chi connectivity index (χ2n) is 8.47. The van der Waals surface area contributed by atoms with Gasteiger partial charge in [-0.1, -0.05) is 84.4 Å². The van der Waals surface area contributed by atoms with Gasteiger partial charge in [0, 0.05) is 12.6 Å². The lowest BCUT2D eigenvalue weighted by molar-refractivity contribution is 0.184. The molecule has 1 N–H and O–H groups in total. The third-order valence-corrected chi connectivity index (χ3v) is 6.49. The van der Waals surface area contributed by atoms with Gasteiger partial charge in [0.15, 0.2) is 0 Å². The molecule has 168 valence electrons. The van der Waals surface area contributed by atoms with Crippen LogP contribution in [0.5, 0.6) is 0 Å². The number of piperidine rings is 1. The summed E-state index contributed by atoms with van der Waals surface area (Å²) >= 11 is 6.34. The van der Waals surface area contributed by atoms with Gasteiger partial charge in [-0.25, -0.2) is 0 Å². The lowest BCUT2D eigenvalue weighted by atomic mass is 10.00. The zero-order chi connectivity index (χ0) is 22.5. The predicted molar refractivity (Wildman–Crippen MR) is 131 cm³/mol. The molecule has 5 nitrogen and oxygen atoms in total. The highest BCUT2D eigenvalue weighted by Crippen LogP contribution is 2.30. The van der Waals surface area contributed by atoms with Gasteiger partial charge >= 0.3 is 0 Å². The van der Waals surface area contributed by atoms with Gasteiger partial charge in [-0.05, 0) is 49.2 Å². The normalized spacial score (nSPS) is 16.0. The second-order valence-corrected chi connectivity index (χ2v) is 8.88. The van der Waals surface area contributed by atoms with Gasteiger partial charge in [-0.15, -0.1) is 10.2 Å². The first-order chi connectivity index (χ1) is 16.3. The van der Waals surface area contributed by atoms with Crippen LogP contribution in [0.4, 0.5) is 0 Å². The van der Waals surface area contributed by atoms with Gasteiger partial charge in [-0.2, -0.15) is 0 Å². The molecule has 1 unspecified atom stereocenters. The van der Waals surface area contributed by atoms with E-state index in [4.69, 9.17) is 16.0 Å². The Morgan fingerprint density at radius 1 is 0.879 bits per heavy atom. The minimum Gasteiger partial charge on any atom is -0.419 e. The summed E-state index contributed by atoms with van der Waals surface area (Å²) in [5.74, 6) is 0.999. The highest BCUT2D eigenvalue weighted by atomic mass is 35.5. The summed E-state index contributed by atoms with van der Waals surface area (Å²) in [5, 5.41) is 13.1. The Kier molecular flexibility index (Phi) is 6.81. The van der Waals surface area contributed by atoms with E-state index in [0.717, 1.165) is 43.6 Å². The molecule has 1 atom stereocenters. The van der Waals surface area contributed by atoms with Crippen LogP contribution in [-0.4, -0.2) is 34.2 Å². The molecule has 1 aliphatic rings. The Morgan fingerprint density at radius 2 is 1.55 bits per heavy atom. The highest BCUT2D eigenvalue weighted by Gasteiger charge is 2.27. The Bertz CT molecular complexity index is 1160. The minimum atomic E-state index is -0.166. The van der Waals surface area contributed by atoms with Crippen molar-refractivity contribution in [1.29, 1.82) is 0 Å². The van der Waals surface area contributed by atoms with Gasteiger partial charge in [0.1, 0.15) is 6.04 Å². The van der Waals surface area contributed by atoms with Crippen LogP contribution in [0.15, 0.2) is 89.3 Å². The molecule has 0 bridgehead atoms. The molecule has 0 amide bonds. The summed E-state index contributed by atoms with van der Waals surface area (Å²) in [6.07, 6.45) is 2.14. The molecule has 3 aromatic carbocycles. The van der Waals surface area contributed by atoms with Crippen LogP contribution in [0.25, 0.3) is 11.5 Å². The van der Waals surface area contributed by atoms with Crippen molar-refractivity contribution in [3.8, 4) is 11.5 Å². The van der Waals surface area contributed by atoms with Crippen molar-refractivity contribution in [2.75, 3.05) is 13.1 Å². The maximum Gasteiger partial charge on any atom is 0.249 e. The third kappa shape index (κ3) is 5.33. The Hall–Kier alpha value is -2.99. The fourth-order valence-corrected chi connectivity index (χ4v) is 4.60. The molecule has 2 heterocycles. The molecule has 5 rings (SSSR count). The van der Waals surface area contributed by atoms with E-state index in [9.17, 15) is 0 Å². The zero-order valence-electron chi connectivity index (χ0n) is 18.4. The second kappa shape index (κ2) is 10.3. The number of likely N-dealkylation sites (tertiary alicyclic amines) is 1. The maximum atomic E-state index is 6.34. The van der Waals surface area contributed by atoms with Crippen molar-refractivity contribution >= 4 is 11.6 Å². The van der Waals surface area contributed by atoms with Crippen LogP contribution in [0.2, 0.25) is 5.02 Å². The van der Waals surface area contributed by atoms with Crippen LogP contribution in [-0.2, 0) is 6.54 Å². The average Bonchev–Trinajstić information content (AvgIpc) is 3.35. The molecule has 0 radical (unpaired) electrons. The molecular weight excluding hydrogens is 432 g/mol. The highest BCUT2D eigenvalue weighted by molar-refractivity contribution is 6.33. The average molecular weight is 459 g/mol. The minimum absolute atomic E-state index is 0.166. The van der Waals surface area contributed by atoms with Crippen molar-refractivity contribution in [2.24, 2.45) is 0 Å². The summed E-state index contributed by atoms with van der Waals surface area (Å²) in [7, 11) is 0. The number of hydrogen-bond donors (Lipinski definition) is 1. The topological polar surface area (TPSA) is 54.2 Å². The predicted octanol–water partition coefficient (Wildman–Crippen LogP) is 5.73. The lowest BCUT2D eigenvalue weighted by Gasteiger charge is -2.34. The summed E-state index contributed by atoms with van der Waals surface area (Å²) in [4.78, 5) is 2.52. The molecule has 6 heteroatoms. The van der Waals surface area contributed by atoms with E-state index in [1.165, 1.54) is 5.56 Å². The van der Waals surface area contributed by atoms with E-state index < -0.39 is 0 Å². The van der Waals surface area contributed by atoms with Crippen LogP contribution >= 0.6 is 11.6 Å². The van der Waals surface area contributed by atoms with Crippen molar-refractivity contribution in [1.82, 2.24) is 20.4 Å². The number of aromatic nitrogens is 2. The molecular formula is C27H27ClN4O. The van der Waals surface area contributed by atoms with Gasteiger partial charge < -0.3 is 4.42 Å². The zero-order valence-corrected chi connectivity index (χ0v) is 19.2. The Labute approximate surface area is 199 Å². The molecule has 1 fully saturated rings. The van der Waals surface area contributed by atoms with Gasteiger partial charge in [-0.3, -0.25) is 10.2 Å². The lowest BCUT2D eigenvalue weighted by Crippen LogP contribution is -2.43.